The Labute approximate surface area is 153 Å². The highest BCUT2D eigenvalue weighted by atomic mass is 32.2. The van der Waals surface area contributed by atoms with E-state index in [-0.39, 0.29) is 12.3 Å². The van der Waals surface area contributed by atoms with Crippen LogP contribution in [0, 0.1) is 0 Å². The summed E-state index contributed by atoms with van der Waals surface area (Å²) in [5.41, 5.74) is 0.979. The SMILES string of the molecule is CCSc1nnc(SCCC(=O)NC(=O)NCc2ccccc2)s1. The molecular formula is C15H18N4O2S3. The van der Waals surface area contributed by atoms with Gasteiger partial charge in [-0.05, 0) is 11.3 Å². The summed E-state index contributed by atoms with van der Waals surface area (Å²) in [6.45, 7) is 2.45. The van der Waals surface area contributed by atoms with Gasteiger partial charge < -0.3 is 5.32 Å². The van der Waals surface area contributed by atoms with E-state index >= 15 is 0 Å². The molecule has 0 atom stereocenters. The number of aromatic nitrogens is 2. The summed E-state index contributed by atoms with van der Waals surface area (Å²) in [4.78, 5) is 23.4. The van der Waals surface area contributed by atoms with Gasteiger partial charge in [0, 0.05) is 18.7 Å². The highest BCUT2D eigenvalue weighted by Crippen LogP contribution is 2.28. The van der Waals surface area contributed by atoms with Gasteiger partial charge in [0.15, 0.2) is 8.68 Å². The number of imide groups is 1. The first-order chi connectivity index (χ1) is 11.7. The minimum atomic E-state index is -0.480. The topological polar surface area (TPSA) is 84.0 Å². The molecule has 0 saturated carbocycles. The third-order valence-corrected chi connectivity index (χ3v) is 5.83. The van der Waals surface area contributed by atoms with Crippen LogP contribution < -0.4 is 10.6 Å². The Bertz CT molecular complexity index is 664. The van der Waals surface area contributed by atoms with Gasteiger partial charge in [-0.2, -0.15) is 0 Å². The molecule has 0 aliphatic rings. The molecule has 1 heterocycles. The summed E-state index contributed by atoms with van der Waals surface area (Å²) in [5, 5.41) is 13.1. The molecule has 9 heteroatoms. The van der Waals surface area contributed by atoms with Gasteiger partial charge in [-0.1, -0.05) is 72.1 Å². The number of benzene rings is 1. The molecule has 2 N–H and O–H groups in total. The zero-order valence-corrected chi connectivity index (χ0v) is 15.6. The van der Waals surface area contributed by atoms with Crippen LogP contribution in [0.1, 0.15) is 18.9 Å². The minimum absolute atomic E-state index is 0.249. The van der Waals surface area contributed by atoms with Gasteiger partial charge >= 0.3 is 6.03 Å². The van der Waals surface area contributed by atoms with Crippen molar-refractivity contribution in [1.29, 1.82) is 0 Å². The minimum Gasteiger partial charge on any atom is -0.334 e. The number of nitrogens with one attached hydrogen (secondary N) is 2. The number of hydrogen-bond acceptors (Lipinski definition) is 7. The lowest BCUT2D eigenvalue weighted by Crippen LogP contribution is -2.39. The summed E-state index contributed by atoms with van der Waals surface area (Å²) >= 11 is 4.64. The summed E-state index contributed by atoms with van der Waals surface area (Å²) in [7, 11) is 0. The van der Waals surface area contributed by atoms with Crippen LogP contribution in [-0.4, -0.2) is 33.6 Å². The molecule has 0 saturated heterocycles. The van der Waals surface area contributed by atoms with Crippen molar-refractivity contribution in [2.45, 2.75) is 28.6 Å². The Morgan fingerprint density at radius 2 is 1.83 bits per heavy atom. The van der Waals surface area contributed by atoms with Gasteiger partial charge in [-0.25, -0.2) is 4.79 Å². The van der Waals surface area contributed by atoms with Gasteiger partial charge in [0.25, 0.3) is 0 Å². The summed E-state index contributed by atoms with van der Waals surface area (Å²) in [5.74, 6) is 1.21. The molecule has 0 bridgehead atoms. The second-order valence-corrected chi connectivity index (χ2v) is 8.41. The van der Waals surface area contributed by atoms with Gasteiger partial charge in [0.05, 0.1) is 0 Å². The van der Waals surface area contributed by atoms with E-state index in [9.17, 15) is 9.59 Å². The molecule has 2 aromatic rings. The summed E-state index contributed by atoms with van der Waals surface area (Å²) in [6.07, 6.45) is 0.249. The lowest BCUT2D eigenvalue weighted by Gasteiger charge is -2.06. The maximum Gasteiger partial charge on any atom is 0.321 e. The molecule has 2 rings (SSSR count). The molecule has 0 fully saturated rings. The fourth-order valence-electron chi connectivity index (χ4n) is 1.68. The Morgan fingerprint density at radius 3 is 2.54 bits per heavy atom. The number of thioether (sulfide) groups is 2. The van der Waals surface area contributed by atoms with Crippen LogP contribution in [0.3, 0.4) is 0 Å². The molecule has 3 amide bonds. The molecule has 0 aliphatic heterocycles. The van der Waals surface area contributed by atoms with Crippen LogP contribution in [0.15, 0.2) is 39.0 Å². The molecule has 1 aromatic carbocycles. The van der Waals surface area contributed by atoms with Crippen LogP contribution in [-0.2, 0) is 11.3 Å². The predicted octanol–water partition coefficient (Wildman–Crippen LogP) is 3.16. The predicted molar refractivity (Wildman–Crippen MR) is 98.5 cm³/mol. The Morgan fingerprint density at radius 1 is 1.12 bits per heavy atom. The molecule has 0 unspecified atom stereocenters. The lowest BCUT2D eigenvalue weighted by molar-refractivity contribution is -0.119. The lowest BCUT2D eigenvalue weighted by atomic mass is 10.2. The van der Waals surface area contributed by atoms with Crippen LogP contribution in [0.25, 0.3) is 0 Å². The van der Waals surface area contributed by atoms with E-state index in [0.29, 0.717) is 12.3 Å². The quantitative estimate of drug-likeness (QED) is 0.682. The average Bonchev–Trinajstić information content (AvgIpc) is 3.02. The van der Waals surface area contributed by atoms with Crippen molar-refractivity contribution in [3.05, 3.63) is 35.9 Å². The van der Waals surface area contributed by atoms with Gasteiger partial charge in [0.2, 0.25) is 5.91 Å². The zero-order valence-electron chi connectivity index (χ0n) is 13.2. The van der Waals surface area contributed by atoms with E-state index in [0.717, 1.165) is 20.0 Å². The number of urea groups is 1. The van der Waals surface area contributed by atoms with E-state index in [4.69, 9.17) is 0 Å². The normalized spacial score (nSPS) is 10.4. The number of carbonyl (C=O) groups is 2. The van der Waals surface area contributed by atoms with E-state index in [1.165, 1.54) is 23.1 Å². The van der Waals surface area contributed by atoms with E-state index in [2.05, 4.69) is 27.8 Å². The Kier molecular flexibility index (Phi) is 8.06. The molecule has 1 aromatic heterocycles. The van der Waals surface area contributed by atoms with Crippen molar-refractivity contribution in [3.8, 4) is 0 Å². The number of nitrogens with zero attached hydrogens (tertiary/aromatic N) is 2. The number of carbonyl (C=O) groups excluding carboxylic acids is 2. The van der Waals surface area contributed by atoms with Crippen LogP contribution in [0.4, 0.5) is 4.79 Å². The molecular weight excluding hydrogens is 364 g/mol. The molecule has 6 nitrogen and oxygen atoms in total. The molecule has 128 valence electrons. The largest absolute Gasteiger partial charge is 0.334 e. The van der Waals surface area contributed by atoms with Gasteiger partial charge in [-0.3, -0.25) is 10.1 Å². The molecule has 0 spiro atoms. The second-order valence-electron chi connectivity index (χ2n) is 4.58. The second kappa shape index (κ2) is 10.3. The third kappa shape index (κ3) is 6.90. The van der Waals surface area contributed by atoms with Crippen LogP contribution in [0.2, 0.25) is 0 Å². The monoisotopic (exact) mass is 382 g/mol. The first kappa shape index (κ1) is 18.8. The maximum absolute atomic E-state index is 11.7. The van der Waals surface area contributed by atoms with E-state index in [1.54, 1.807) is 11.8 Å². The Hall–Kier alpha value is -1.58. The van der Waals surface area contributed by atoms with E-state index < -0.39 is 6.03 Å². The average molecular weight is 383 g/mol. The first-order valence-corrected chi connectivity index (χ1v) is 10.2. The highest BCUT2D eigenvalue weighted by Gasteiger charge is 2.09. The fraction of sp³-hybridized carbons (Fsp3) is 0.333. The zero-order chi connectivity index (χ0) is 17.2. The van der Waals surface area contributed by atoms with Crippen molar-refractivity contribution >= 4 is 46.8 Å². The third-order valence-electron chi connectivity index (χ3n) is 2.76. The maximum atomic E-state index is 11.7. The Balaban J connectivity index is 1.62. The van der Waals surface area contributed by atoms with Gasteiger partial charge in [-0.15, -0.1) is 10.2 Å². The fourth-order valence-corrected chi connectivity index (χ4v) is 4.61. The van der Waals surface area contributed by atoms with Gasteiger partial charge in [0.1, 0.15) is 0 Å². The first-order valence-electron chi connectivity index (χ1n) is 7.38. The summed E-state index contributed by atoms with van der Waals surface area (Å²) < 4.78 is 1.78. The molecule has 0 radical (unpaired) electrons. The molecule has 0 aliphatic carbocycles. The van der Waals surface area contributed by atoms with Crippen LogP contribution in [0.5, 0.6) is 0 Å². The van der Waals surface area contributed by atoms with Crippen molar-refractivity contribution in [3.63, 3.8) is 0 Å². The summed E-state index contributed by atoms with van der Waals surface area (Å²) in [6, 6.07) is 9.04. The highest BCUT2D eigenvalue weighted by molar-refractivity contribution is 8.03. The van der Waals surface area contributed by atoms with Crippen LogP contribution >= 0.6 is 34.9 Å². The number of hydrogen-bond donors (Lipinski definition) is 2. The molecule has 24 heavy (non-hydrogen) atoms. The van der Waals surface area contributed by atoms with Crippen molar-refractivity contribution in [2.75, 3.05) is 11.5 Å². The smallest absolute Gasteiger partial charge is 0.321 e. The number of rotatable bonds is 8. The van der Waals surface area contributed by atoms with Crippen molar-refractivity contribution < 1.29 is 9.59 Å². The standard InChI is InChI=1S/C15H18N4O2S3/c1-2-22-14-18-19-15(24-14)23-9-8-12(20)17-13(21)16-10-11-6-4-3-5-7-11/h3-7H,2,8-10H2,1H3,(H2,16,17,20,21). The number of amides is 3. The van der Waals surface area contributed by atoms with E-state index in [1.807, 2.05) is 30.3 Å². The van der Waals surface area contributed by atoms with Crippen molar-refractivity contribution in [1.82, 2.24) is 20.8 Å². The van der Waals surface area contributed by atoms with Crippen molar-refractivity contribution in [2.24, 2.45) is 0 Å².